The third-order valence-corrected chi connectivity index (χ3v) is 4.32. The molecule has 0 radical (unpaired) electrons. The summed E-state index contributed by atoms with van der Waals surface area (Å²) in [7, 11) is 0. The van der Waals surface area contributed by atoms with Gasteiger partial charge in [-0.25, -0.2) is 4.68 Å². The molecule has 1 aromatic heterocycles. The minimum atomic E-state index is -0.209. The molecule has 1 N–H and O–H groups in total. The summed E-state index contributed by atoms with van der Waals surface area (Å²) in [5.41, 5.74) is 1.45. The first kappa shape index (κ1) is 16.6. The molecule has 1 amide bonds. The molecule has 0 spiro atoms. The molecular formula is C18H24N4O2. The van der Waals surface area contributed by atoms with E-state index in [0.29, 0.717) is 31.3 Å². The first-order valence-corrected chi connectivity index (χ1v) is 8.61. The molecule has 1 aromatic carbocycles. The van der Waals surface area contributed by atoms with Crippen LogP contribution in [0.5, 0.6) is 0 Å². The van der Waals surface area contributed by atoms with Gasteiger partial charge in [-0.15, -0.1) is 5.10 Å². The summed E-state index contributed by atoms with van der Waals surface area (Å²) >= 11 is 0. The predicted octanol–water partition coefficient (Wildman–Crippen LogP) is 2.26. The Bertz CT molecular complexity index is 635. The van der Waals surface area contributed by atoms with Crippen LogP contribution in [0.25, 0.3) is 0 Å². The average molecular weight is 328 g/mol. The van der Waals surface area contributed by atoms with Crippen LogP contribution in [-0.4, -0.2) is 40.7 Å². The summed E-state index contributed by atoms with van der Waals surface area (Å²) < 4.78 is 7.30. The van der Waals surface area contributed by atoms with Gasteiger partial charge in [0.15, 0.2) is 5.69 Å². The van der Waals surface area contributed by atoms with Crippen molar-refractivity contribution < 1.29 is 9.53 Å². The number of carbonyl (C=O) groups excluding carboxylic acids is 1. The number of rotatable bonds is 8. The summed E-state index contributed by atoms with van der Waals surface area (Å²) in [6.45, 7) is 2.45. The first-order chi connectivity index (χ1) is 11.8. The van der Waals surface area contributed by atoms with Gasteiger partial charge in [-0.05, 0) is 24.3 Å². The monoisotopic (exact) mass is 328 g/mol. The smallest absolute Gasteiger partial charge is 0.273 e. The molecule has 1 aliphatic carbocycles. The van der Waals surface area contributed by atoms with E-state index in [1.54, 1.807) is 10.9 Å². The minimum absolute atomic E-state index is 0.209. The zero-order chi connectivity index (χ0) is 16.6. The SMILES string of the molecule is O=C(NCCOCC1CCCC1)c1cn(Cc2ccccc2)nn1. The standard InChI is InChI=1S/C18H24N4O2/c23-18(19-10-11-24-14-16-8-4-5-9-16)17-13-22(21-20-17)12-15-6-2-1-3-7-15/h1-3,6-7,13,16H,4-5,8-12,14H2,(H,19,23). The molecule has 1 saturated carbocycles. The second-order valence-corrected chi connectivity index (χ2v) is 6.27. The first-order valence-electron chi connectivity index (χ1n) is 8.61. The lowest BCUT2D eigenvalue weighted by Gasteiger charge is -2.09. The Morgan fingerprint density at radius 3 is 2.83 bits per heavy atom. The van der Waals surface area contributed by atoms with Gasteiger partial charge in [-0.1, -0.05) is 48.4 Å². The normalized spacial score (nSPS) is 14.8. The fraction of sp³-hybridized carbons (Fsp3) is 0.500. The molecule has 1 heterocycles. The average Bonchev–Trinajstić information content (AvgIpc) is 3.27. The number of hydrogen-bond acceptors (Lipinski definition) is 4. The highest BCUT2D eigenvalue weighted by Crippen LogP contribution is 2.24. The van der Waals surface area contributed by atoms with E-state index in [4.69, 9.17) is 4.74 Å². The lowest BCUT2D eigenvalue weighted by molar-refractivity contribution is 0.0861. The Labute approximate surface area is 142 Å². The highest BCUT2D eigenvalue weighted by Gasteiger charge is 2.15. The maximum absolute atomic E-state index is 12.0. The Balaban J connectivity index is 1.37. The molecule has 6 nitrogen and oxygen atoms in total. The maximum atomic E-state index is 12.0. The molecule has 6 heteroatoms. The van der Waals surface area contributed by atoms with Gasteiger partial charge in [0.2, 0.25) is 0 Å². The van der Waals surface area contributed by atoms with Crippen LogP contribution < -0.4 is 5.32 Å². The largest absolute Gasteiger partial charge is 0.379 e. The number of hydrogen-bond donors (Lipinski definition) is 1. The van der Waals surface area contributed by atoms with Gasteiger partial charge < -0.3 is 10.1 Å². The molecule has 0 unspecified atom stereocenters. The Morgan fingerprint density at radius 1 is 1.25 bits per heavy atom. The van der Waals surface area contributed by atoms with Gasteiger partial charge in [-0.3, -0.25) is 4.79 Å². The lowest BCUT2D eigenvalue weighted by Crippen LogP contribution is -2.28. The van der Waals surface area contributed by atoms with Crippen molar-refractivity contribution in [3.63, 3.8) is 0 Å². The second kappa shape index (κ2) is 8.59. The van der Waals surface area contributed by atoms with Crippen LogP contribution in [0.3, 0.4) is 0 Å². The van der Waals surface area contributed by atoms with Crippen LogP contribution in [-0.2, 0) is 11.3 Å². The molecule has 1 aliphatic rings. The van der Waals surface area contributed by atoms with E-state index < -0.39 is 0 Å². The molecular weight excluding hydrogens is 304 g/mol. The van der Waals surface area contributed by atoms with E-state index in [9.17, 15) is 4.79 Å². The summed E-state index contributed by atoms with van der Waals surface area (Å²) in [6, 6.07) is 9.96. The van der Waals surface area contributed by atoms with Crippen LogP contribution >= 0.6 is 0 Å². The number of benzene rings is 1. The fourth-order valence-electron chi connectivity index (χ4n) is 3.00. The van der Waals surface area contributed by atoms with Crippen molar-refractivity contribution in [1.82, 2.24) is 20.3 Å². The van der Waals surface area contributed by atoms with Crippen molar-refractivity contribution in [1.29, 1.82) is 0 Å². The Hall–Kier alpha value is -2.21. The zero-order valence-corrected chi connectivity index (χ0v) is 13.9. The Kier molecular flexibility index (Phi) is 5.96. The van der Waals surface area contributed by atoms with Crippen molar-refractivity contribution >= 4 is 5.91 Å². The van der Waals surface area contributed by atoms with Gasteiger partial charge in [-0.2, -0.15) is 0 Å². The van der Waals surface area contributed by atoms with E-state index >= 15 is 0 Å². The molecule has 0 atom stereocenters. The number of carbonyl (C=O) groups is 1. The number of nitrogens with zero attached hydrogens (tertiary/aromatic N) is 3. The summed E-state index contributed by atoms with van der Waals surface area (Å²) in [5.74, 6) is 0.498. The molecule has 24 heavy (non-hydrogen) atoms. The van der Waals surface area contributed by atoms with Crippen LogP contribution in [0.2, 0.25) is 0 Å². The number of amides is 1. The van der Waals surface area contributed by atoms with Crippen LogP contribution in [0, 0.1) is 5.92 Å². The maximum Gasteiger partial charge on any atom is 0.273 e. The quantitative estimate of drug-likeness (QED) is 0.755. The second-order valence-electron chi connectivity index (χ2n) is 6.27. The topological polar surface area (TPSA) is 69.0 Å². The third-order valence-electron chi connectivity index (χ3n) is 4.32. The van der Waals surface area contributed by atoms with Crippen LogP contribution in [0.4, 0.5) is 0 Å². The van der Waals surface area contributed by atoms with Gasteiger partial charge >= 0.3 is 0 Å². The van der Waals surface area contributed by atoms with Crippen molar-refractivity contribution in [3.05, 3.63) is 47.8 Å². The van der Waals surface area contributed by atoms with Crippen molar-refractivity contribution in [2.45, 2.75) is 32.2 Å². The summed E-state index contributed by atoms with van der Waals surface area (Å²) in [6.07, 6.45) is 6.86. The third kappa shape index (κ3) is 4.89. The summed E-state index contributed by atoms with van der Waals surface area (Å²) in [5, 5.41) is 10.8. The highest BCUT2D eigenvalue weighted by molar-refractivity contribution is 5.91. The number of aromatic nitrogens is 3. The van der Waals surface area contributed by atoms with Gasteiger partial charge in [0.25, 0.3) is 5.91 Å². The molecule has 2 aromatic rings. The van der Waals surface area contributed by atoms with Gasteiger partial charge in [0.05, 0.1) is 19.3 Å². The molecule has 0 bridgehead atoms. The van der Waals surface area contributed by atoms with Crippen molar-refractivity contribution in [3.8, 4) is 0 Å². The number of nitrogens with one attached hydrogen (secondary N) is 1. The molecule has 3 rings (SSSR count). The Morgan fingerprint density at radius 2 is 2.04 bits per heavy atom. The van der Waals surface area contributed by atoms with Crippen molar-refractivity contribution in [2.75, 3.05) is 19.8 Å². The predicted molar refractivity (Wildman–Crippen MR) is 90.7 cm³/mol. The van der Waals surface area contributed by atoms with Crippen molar-refractivity contribution in [2.24, 2.45) is 5.92 Å². The molecule has 0 aliphatic heterocycles. The highest BCUT2D eigenvalue weighted by atomic mass is 16.5. The molecule has 128 valence electrons. The zero-order valence-electron chi connectivity index (χ0n) is 13.9. The van der Waals surface area contributed by atoms with E-state index in [2.05, 4.69) is 15.6 Å². The number of ether oxygens (including phenoxy) is 1. The van der Waals surface area contributed by atoms with Gasteiger partial charge in [0, 0.05) is 13.2 Å². The van der Waals surface area contributed by atoms with Crippen LogP contribution in [0.15, 0.2) is 36.5 Å². The fourth-order valence-corrected chi connectivity index (χ4v) is 3.00. The van der Waals surface area contributed by atoms with E-state index in [-0.39, 0.29) is 5.91 Å². The van der Waals surface area contributed by atoms with E-state index in [1.807, 2.05) is 30.3 Å². The molecule has 1 fully saturated rings. The molecule has 0 saturated heterocycles. The van der Waals surface area contributed by atoms with Gasteiger partial charge in [0.1, 0.15) is 0 Å². The van der Waals surface area contributed by atoms with E-state index in [1.165, 1.54) is 25.7 Å². The summed E-state index contributed by atoms with van der Waals surface area (Å²) in [4.78, 5) is 12.0. The van der Waals surface area contributed by atoms with Crippen LogP contribution in [0.1, 0.15) is 41.7 Å². The minimum Gasteiger partial charge on any atom is -0.379 e. The lowest BCUT2D eigenvalue weighted by atomic mass is 10.1. The van der Waals surface area contributed by atoms with E-state index in [0.717, 1.165) is 12.2 Å².